The molecule has 0 fully saturated rings. The number of para-hydroxylation sites is 1. The zero-order valence-corrected chi connectivity index (χ0v) is 13.8. The minimum absolute atomic E-state index is 0.0812. The molecule has 3 rings (SSSR count). The maximum atomic E-state index is 11.9. The van der Waals surface area contributed by atoms with E-state index in [2.05, 4.69) is 9.97 Å². The average molecular weight is 352 g/mol. The number of benzene rings is 1. The lowest BCUT2D eigenvalue weighted by Gasteiger charge is -2.06. The van der Waals surface area contributed by atoms with E-state index >= 15 is 0 Å². The van der Waals surface area contributed by atoms with Crippen LogP contribution in [0.15, 0.2) is 53.1 Å². The van der Waals surface area contributed by atoms with Gasteiger partial charge in [0.15, 0.2) is 0 Å². The number of fused-ring (bicyclic) bond motifs is 1. The second-order valence-electron chi connectivity index (χ2n) is 4.32. The van der Waals surface area contributed by atoms with Crippen molar-refractivity contribution in [1.82, 2.24) is 9.97 Å². The molecule has 0 amide bonds. The monoisotopic (exact) mass is 352 g/mol. The van der Waals surface area contributed by atoms with Crippen molar-refractivity contribution < 1.29 is 12.6 Å². The summed E-state index contributed by atoms with van der Waals surface area (Å²) in [5, 5.41) is 3.69. The first-order chi connectivity index (χ1) is 10.6. The summed E-state index contributed by atoms with van der Waals surface area (Å²) in [7, 11) is -3.61. The summed E-state index contributed by atoms with van der Waals surface area (Å²) in [4.78, 5) is 9.27. The topological polar surface area (TPSA) is 69.2 Å². The number of hydrogen-bond acceptors (Lipinski definition) is 7. The highest BCUT2D eigenvalue weighted by Crippen LogP contribution is 2.27. The van der Waals surface area contributed by atoms with Crippen molar-refractivity contribution in [2.75, 3.05) is 11.5 Å². The standard InChI is InChI=1S/C14H12N2O3S3/c17-22(18,19-11-4-2-1-3-5-11)9-8-21-14-12-6-7-20-13(12)15-10-16-14/h1-7,10H,8-9H2. The zero-order valence-electron chi connectivity index (χ0n) is 11.4. The Morgan fingerprint density at radius 1 is 1.14 bits per heavy atom. The van der Waals surface area contributed by atoms with E-state index in [0.29, 0.717) is 11.5 Å². The Hall–Kier alpha value is -1.64. The molecule has 0 unspecified atom stereocenters. The number of thiophene rings is 1. The van der Waals surface area contributed by atoms with Gasteiger partial charge in [0.05, 0.1) is 5.75 Å². The molecule has 0 atom stereocenters. The van der Waals surface area contributed by atoms with E-state index < -0.39 is 10.1 Å². The van der Waals surface area contributed by atoms with Crippen molar-refractivity contribution in [3.05, 3.63) is 48.1 Å². The zero-order chi connectivity index (χ0) is 15.4. The van der Waals surface area contributed by atoms with Crippen LogP contribution in [0, 0.1) is 0 Å². The molecule has 0 bridgehead atoms. The molecule has 0 saturated carbocycles. The number of nitrogens with zero attached hydrogens (tertiary/aromatic N) is 2. The molecule has 3 aromatic rings. The van der Waals surface area contributed by atoms with Crippen molar-refractivity contribution in [3.8, 4) is 5.75 Å². The van der Waals surface area contributed by atoms with Crippen LogP contribution in [0.25, 0.3) is 10.2 Å². The summed E-state index contributed by atoms with van der Waals surface area (Å²) in [5.74, 6) is 0.619. The Kier molecular flexibility index (Phi) is 4.60. The van der Waals surface area contributed by atoms with Gasteiger partial charge in [-0.15, -0.1) is 23.1 Å². The van der Waals surface area contributed by atoms with E-state index in [4.69, 9.17) is 4.18 Å². The summed E-state index contributed by atoms with van der Waals surface area (Å²) < 4.78 is 28.9. The average Bonchev–Trinajstić information content (AvgIpc) is 2.97. The molecule has 0 N–H and O–H groups in total. The van der Waals surface area contributed by atoms with Gasteiger partial charge >= 0.3 is 10.1 Å². The maximum Gasteiger partial charge on any atom is 0.310 e. The minimum atomic E-state index is -3.61. The van der Waals surface area contributed by atoms with Crippen LogP contribution in [0.5, 0.6) is 5.75 Å². The first kappa shape index (κ1) is 15.3. The van der Waals surface area contributed by atoms with E-state index in [1.54, 1.807) is 30.3 Å². The first-order valence-corrected chi connectivity index (χ1v) is 9.86. The molecule has 114 valence electrons. The van der Waals surface area contributed by atoms with E-state index in [1.165, 1.54) is 29.4 Å². The molecule has 2 heterocycles. The van der Waals surface area contributed by atoms with E-state index in [1.807, 2.05) is 11.4 Å². The summed E-state index contributed by atoms with van der Waals surface area (Å²) in [6, 6.07) is 10.4. The van der Waals surface area contributed by atoms with E-state index in [9.17, 15) is 8.42 Å². The number of thioether (sulfide) groups is 1. The predicted octanol–water partition coefficient (Wildman–Crippen LogP) is 3.19. The number of hydrogen-bond donors (Lipinski definition) is 0. The highest BCUT2D eigenvalue weighted by Gasteiger charge is 2.14. The third kappa shape index (κ3) is 3.76. The van der Waals surface area contributed by atoms with Crippen LogP contribution in [-0.2, 0) is 10.1 Å². The van der Waals surface area contributed by atoms with Gasteiger partial charge in [-0.25, -0.2) is 9.97 Å². The second-order valence-corrected chi connectivity index (χ2v) is 7.99. The minimum Gasteiger partial charge on any atom is -0.382 e. The van der Waals surface area contributed by atoms with Gasteiger partial charge < -0.3 is 4.18 Å². The normalized spacial score (nSPS) is 11.6. The van der Waals surface area contributed by atoms with Crippen LogP contribution >= 0.6 is 23.1 Å². The fourth-order valence-electron chi connectivity index (χ4n) is 1.79. The summed E-state index contributed by atoms with van der Waals surface area (Å²) in [5.41, 5.74) is 0. The highest BCUT2D eigenvalue weighted by molar-refractivity contribution is 8.00. The molecule has 0 aliphatic heterocycles. The predicted molar refractivity (Wildman–Crippen MR) is 89.0 cm³/mol. The fourth-order valence-corrected chi connectivity index (χ4v) is 4.86. The lowest BCUT2D eigenvalue weighted by molar-refractivity contribution is 0.488. The van der Waals surface area contributed by atoms with Crippen LogP contribution in [-0.4, -0.2) is 29.9 Å². The molecule has 5 nitrogen and oxygen atoms in total. The first-order valence-electron chi connectivity index (χ1n) is 6.42. The molecule has 8 heteroatoms. The SMILES string of the molecule is O=S(=O)(CCSc1ncnc2sccc12)Oc1ccccc1. The highest BCUT2D eigenvalue weighted by atomic mass is 32.2. The molecule has 0 spiro atoms. The summed E-state index contributed by atoms with van der Waals surface area (Å²) in [6.07, 6.45) is 1.50. The third-order valence-corrected chi connectivity index (χ3v) is 6.00. The smallest absolute Gasteiger partial charge is 0.310 e. The Balaban J connectivity index is 1.62. The molecule has 0 radical (unpaired) electrons. The van der Waals surface area contributed by atoms with Crippen molar-refractivity contribution in [1.29, 1.82) is 0 Å². The van der Waals surface area contributed by atoms with Crippen LogP contribution in [0.3, 0.4) is 0 Å². The van der Waals surface area contributed by atoms with E-state index in [-0.39, 0.29) is 5.75 Å². The van der Waals surface area contributed by atoms with Crippen molar-refractivity contribution in [2.45, 2.75) is 5.03 Å². The van der Waals surface area contributed by atoms with Crippen LogP contribution in [0.1, 0.15) is 0 Å². The van der Waals surface area contributed by atoms with E-state index in [0.717, 1.165) is 15.2 Å². The molecular weight excluding hydrogens is 340 g/mol. The van der Waals surface area contributed by atoms with Crippen molar-refractivity contribution >= 4 is 43.4 Å². The Morgan fingerprint density at radius 2 is 1.95 bits per heavy atom. The van der Waals surface area contributed by atoms with Crippen LogP contribution in [0.4, 0.5) is 0 Å². The van der Waals surface area contributed by atoms with Gasteiger partial charge in [-0.05, 0) is 23.6 Å². The van der Waals surface area contributed by atoms with Gasteiger partial charge in [-0.1, -0.05) is 18.2 Å². The Morgan fingerprint density at radius 3 is 2.77 bits per heavy atom. The van der Waals surface area contributed by atoms with Gasteiger partial charge in [0, 0.05) is 11.1 Å². The molecule has 1 aromatic carbocycles. The van der Waals surface area contributed by atoms with Gasteiger partial charge in [0.1, 0.15) is 21.9 Å². The molecule has 2 aromatic heterocycles. The van der Waals surface area contributed by atoms with Crippen molar-refractivity contribution in [2.24, 2.45) is 0 Å². The molecule has 0 aliphatic rings. The molecule has 0 saturated heterocycles. The van der Waals surface area contributed by atoms with Gasteiger partial charge in [0.2, 0.25) is 0 Å². The van der Waals surface area contributed by atoms with Crippen LogP contribution in [0.2, 0.25) is 0 Å². The number of rotatable bonds is 6. The molecule has 0 aliphatic carbocycles. The molecule has 22 heavy (non-hydrogen) atoms. The largest absolute Gasteiger partial charge is 0.382 e. The van der Waals surface area contributed by atoms with Crippen molar-refractivity contribution in [3.63, 3.8) is 0 Å². The third-order valence-electron chi connectivity index (χ3n) is 2.76. The Bertz CT molecular complexity index is 863. The fraction of sp³-hybridized carbons (Fsp3) is 0.143. The summed E-state index contributed by atoms with van der Waals surface area (Å²) in [6.45, 7) is 0. The quantitative estimate of drug-likeness (QED) is 0.385. The lowest BCUT2D eigenvalue weighted by Crippen LogP contribution is -2.15. The summed E-state index contributed by atoms with van der Waals surface area (Å²) >= 11 is 2.92. The van der Waals surface area contributed by atoms with Gasteiger partial charge in [-0.2, -0.15) is 8.42 Å². The number of aromatic nitrogens is 2. The van der Waals surface area contributed by atoms with Crippen LogP contribution < -0.4 is 4.18 Å². The Labute approximate surface area is 136 Å². The van der Waals surface area contributed by atoms with Gasteiger partial charge in [0.25, 0.3) is 0 Å². The molecular formula is C14H12N2O3S3. The second kappa shape index (κ2) is 6.64. The van der Waals surface area contributed by atoms with Gasteiger partial charge in [-0.3, -0.25) is 0 Å². The lowest BCUT2D eigenvalue weighted by atomic mass is 10.3. The maximum absolute atomic E-state index is 11.9.